The minimum absolute atomic E-state index is 0.0738. The number of hydrogen-bond donors (Lipinski definition) is 0. The van der Waals surface area contributed by atoms with Gasteiger partial charge >= 0.3 is 22.7 Å². The third-order valence-corrected chi connectivity index (χ3v) is 5.09. The van der Waals surface area contributed by atoms with E-state index < -0.39 is 81.6 Å². The summed E-state index contributed by atoms with van der Waals surface area (Å²) in [5.74, 6) is 0. The van der Waals surface area contributed by atoms with E-state index in [0.717, 1.165) is 0 Å². The molecule has 0 N–H and O–H groups in total. The van der Waals surface area contributed by atoms with Crippen molar-refractivity contribution in [1.82, 2.24) is 0 Å². The molecule has 0 bridgehead atoms. The molecule has 0 unspecified atom stereocenters. The van der Waals surface area contributed by atoms with Crippen LogP contribution in [0.2, 0.25) is 0 Å². The van der Waals surface area contributed by atoms with Gasteiger partial charge in [-0.05, 0) is 6.42 Å². The molecule has 0 aliphatic carbocycles. The van der Waals surface area contributed by atoms with Gasteiger partial charge in [0, 0.05) is 6.54 Å². The first-order valence-corrected chi connectivity index (χ1v) is 10.3. The predicted molar refractivity (Wildman–Crippen MR) is 124 cm³/mol. The second-order valence-electron chi connectivity index (χ2n) is 7.42. The summed E-state index contributed by atoms with van der Waals surface area (Å²) in [7, 11) is 0. The fraction of sp³-hybridized carbons (Fsp3) is 0.333. The van der Waals surface area contributed by atoms with E-state index in [0.29, 0.717) is 48.4 Å². The van der Waals surface area contributed by atoms with Crippen LogP contribution in [0, 0.1) is 60.7 Å². The highest BCUT2D eigenvalue weighted by Crippen LogP contribution is 2.50. The van der Waals surface area contributed by atoms with E-state index in [1.165, 1.54) is 0 Å². The Balaban J connectivity index is 3.09. The first kappa shape index (κ1) is 27.9. The smallest absolute Gasteiger partial charge is 0.306 e. The lowest BCUT2D eigenvalue weighted by atomic mass is 10.1. The van der Waals surface area contributed by atoms with Gasteiger partial charge in [0.05, 0.1) is 53.8 Å². The standard InChI is InChI=1S/C18H17N7O12/c1-2-3-4-5-6-19(17-13(22(30)31)7-11(20(26)27)8-14(17)23(32)33)18-15(24(34)35)9-12(21(28)29)10-16(18)25(36)37/h7-10H,2-6H2,1H3. The van der Waals surface area contributed by atoms with Crippen molar-refractivity contribution < 1.29 is 29.5 Å². The first-order chi connectivity index (χ1) is 17.3. The lowest BCUT2D eigenvalue weighted by Crippen LogP contribution is -2.23. The maximum absolute atomic E-state index is 11.8. The largest absolute Gasteiger partial charge is 0.319 e. The maximum atomic E-state index is 11.8. The lowest BCUT2D eigenvalue weighted by molar-refractivity contribution is -0.402. The number of anilines is 2. The number of non-ortho nitro benzene ring substituents is 2. The highest BCUT2D eigenvalue weighted by atomic mass is 16.6. The zero-order valence-corrected chi connectivity index (χ0v) is 18.9. The van der Waals surface area contributed by atoms with Crippen LogP contribution in [0.5, 0.6) is 0 Å². The minimum atomic E-state index is -1.22. The van der Waals surface area contributed by atoms with Crippen molar-refractivity contribution in [3.63, 3.8) is 0 Å². The van der Waals surface area contributed by atoms with Crippen molar-refractivity contribution in [2.45, 2.75) is 32.6 Å². The van der Waals surface area contributed by atoms with Gasteiger partial charge in [-0.2, -0.15) is 0 Å². The SMILES string of the molecule is CCCCCCN(c1c([N+](=O)[O-])cc([N+](=O)[O-])cc1[N+](=O)[O-])c1c([N+](=O)[O-])cc([N+](=O)[O-])cc1[N+](=O)[O-]. The lowest BCUT2D eigenvalue weighted by Gasteiger charge is -2.24. The van der Waals surface area contributed by atoms with Crippen LogP contribution in [-0.2, 0) is 0 Å². The van der Waals surface area contributed by atoms with Gasteiger partial charge in [-0.1, -0.05) is 26.2 Å². The van der Waals surface area contributed by atoms with E-state index in [-0.39, 0.29) is 6.42 Å². The van der Waals surface area contributed by atoms with Crippen LogP contribution in [0.3, 0.4) is 0 Å². The molecule has 2 aromatic rings. The molecule has 0 spiro atoms. The summed E-state index contributed by atoms with van der Waals surface area (Å²) in [6.45, 7) is 1.36. The molecule has 0 amide bonds. The molecule has 37 heavy (non-hydrogen) atoms. The molecule has 0 saturated heterocycles. The fourth-order valence-corrected chi connectivity index (χ4v) is 3.53. The maximum Gasteiger partial charge on any atom is 0.306 e. The summed E-state index contributed by atoms with van der Waals surface area (Å²) in [5, 5.41) is 69.8. The first-order valence-electron chi connectivity index (χ1n) is 10.3. The van der Waals surface area contributed by atoms with E-state index in [1.807, 2.05) is 6.92 Å². The van der Waals surface area contributed by atoms with Crippen LogP contribution in [0.1, 0.15) is 32.6 Å². The zero-order chi connectivity index (χ0) is 28.0. The monoisotopic (exact) mass is 523 g/mol. The van der Waals surface area contributed by atoms with Crippen LogP contribution < -0.4 is 4.90 Å². The molecule has 2 aromatic carbocycles. The van der Waals surface area contributed by atoms with Crippen molar-refractivity contribution in [3.8, 4) is 0 Å². The molecule has 0 heterocycles. The summed E-state index contributed by atoms with van der Waals surface area (Å²) in [6, 6.07) is 1.52. The molecule has 0 radical (unpaired) electrons. The minimum Gasteiger partial charge on any atom is -0.319 e. The number of nitro benzene ring substituents is 6. The number of hydrogen-bond acceptors (Lipinski definition) is 13. The van der Waals surface area contributed by atoms with Gasteiger partial charge in [0.25, 0.3) is 11.4 Å². The topological polar surface area (TPSA) is 262 Å². The van der Waals surface area contributed by atoms with E-state index in [4.69, 9.17) is 0 Å². The van der Waals surface area contributed by atoms with Gasteiger partial charge in [0.1, 0.15) is 0 Å². The van der Waals surface area contributed by atoms with Crippen molar-refractivity contribution >= 4 is 45.5 Å². The average Bonchev–Trinajstić information content (AvgIpc) is 2.82. The summed E-state index contributed by atoms with van der Waals surface area (Å²) in [4.78, 5) is 63.3. The Morgan fingerprint density at radius 2 is 0.865 bits per heavy atom. The Labute approximate surface area is 204 Å². The molecule has 0 saturated carbocycles. The van der Waals surface area contributed by atoms with Gasteiger partial charge in [0.15, 0.2) is 11.4 Å². The van der Waals surface area contributed by atoms with Gasteiger partial charge in [-0.15, -0.1) is 0 Å². The second-order valence-corrected chi connectivity index (χ2v) is 7.42. The summed E-state index contributed by atoms with van der Waals surface area (Å²) >= 11 is 0. The van der Waals surface area contributed by atoms with Crippen molar-refractivity contribution in [1.29, 1.82) is 0 Å². The van der Waals surface area contributed by atoms with Crippen molar-refractivity contribution in [2.24, 2.45) is 0 Å². The van der Waals surface area contributed by atoms with Gasteiger partial charge in [-0.25, -0.2) is 0 Å². The molecule has 19 heteroatoms. The van der Waals surface area contributed by atoms with Crippen molar-refractivity contribution in [2.75, 3.05) is 11.4 Å². The molecular weight excluding hydrogens is 506 g/mol. The number of rotatable bonds is 13. The third-order valence-electron chi connectivity index (χ3n) is 5.09. The number of nitrogens with zero attached hydrogens (tertiary/aromatic N) is 7. The van der Waals surface area contributed by atoms with Gasteiger partial charge in [-0.3, -0.25) is 60.7 Å². The molecule has 0 aliphatic rings. The van der Waals surface area contributed by atoms with Gasteiger partial charge < -0.3 is 4.90 Å². The fourth-order valence-electron chi connectivity index (χ4n) is 3.53. The Morgan fingerprint density at radius 3 is 1.11 bits per heavy atom. The highest BCUT2D eigenvalue weighted by molar-refractivity contribution is 5.90. The van der Waals surface area contributed by atoms with Crippen molar-refractivity contribution in [3.05, 3.63) is 85.0 Å². The van der Waals surface area contributed by atoms with Crippen LogP contribution >= 0.6 is 0 Å². The molecule has 196 valence electrons. The third kappa shape index (κ3) is 6.01. The van der Waals surface area contributed by atoms with Crippen LogP contribution in [0.15, 0.2) is 24.3 Å². The summed E-state index contributed by atoms with van der Waals surface area (Å²) < 4.78 is 0. The normalized spacial score (nSPS) is 10.5. The van der Waals surface area contributed by atoms with E-state index in [1.54, 1.807) is 0 Å². The second kappa shape index (κ2) is 11.4. The molecule has 19 nitrogen and oxygen atoms in total. The Kier molecular flexibility index (Phi) is 8.57. The Bertz CT molecular complexity index is 1150. The molecule has 0 fully saturated rings. The number of benzene rings is 2. The van der Waals surface area contributed by atoms with Gasteiger partial charge in [0.2, 0.25) is 0 Å². The number of unbranched alkanes of at least 4 members (excludes halogenated alkanes) is 3. The Hall–Kier alpha value is -5.36. The van der Waals surface area contributed by atoms with Crippen LogP contribution in [0.4, 0.5) is 45.5 Å². The molecule has 2 rings (SSSR count). The average molecular weight is 523 g/mol. The molecule has 0 aromatic heterocycles. The van der Waals surface area contributed by atoms with Crippen LogP contribution in [0.25, 0.3) is 0 Å². The predicted octanol–water partition coefficient (Wildman–Crippen LogP) is 4.85. The van der Waals surface area contributed by atoms with E-state index >= 15 is 0 Å². The van der Waals surface area contributed by atoms with E-state index in [9.17, 15) is 60.7 Å². The Morgan fingerprint density at radius 1 is 0.541 bits per heavy atom. The molecule has 0 atom stereocenters. The zero-order valence-electron chi connectivity index (χ0n) is 18.9. The molecule has 0 aliphatic heterocycles. The summed E-state index contributed by atoms with van der Waals surface area (Å²) in [5.41, 5.74) is -8.95. The van der Waals surface area contributed by atoms with E-state index in [2.05, 4.69) is 0 Å². The quantitative estimate of drug-likeness (QED) is 0.193. The molecular formula is C18H17N7O12. The van der Waals surface area contributed by atoms with Crippen LogP contribution in [-0.4, -0.2) is 36.1 Å². The summed E-state index contributed by atoms with van der Waals surface area (Å²) in [6.07, 6.45) is 1.76. The highest BCUT2D eigenvalue weighted by Gasteiger charge is 2.41. The number of nitro groups is 6.